The van der Waals surface area contributed by atoms with Gasteiger partial charge in [-0.3, -0.25) is 0 Å². The minimum atomic E-state index is 0.612. The zero-order chi connectivity index (χ0) is 13.8. The second-order valence-corrected chi connectivity index (χ2v) is 4.46. The summed E-state index contributed by atoms with van der Waals surface area (Å²) in [5.74, 6) is 0. The third-order valence-electron chi connectivity index (χ3n) is 3.25. The van der Waals surface area contributed by atoms with Gasteiger partial charge in [0.2, 0.25) is 0 Å². The molecule has 0 aliphatic heterocycles. The molecule has 0 amide bonds. The molecule has 0 aliphatic carbocycles. The number of nitrogens with two attached hydrogens (primary N) is 1. The first-order valence-electron chi connectivity index (χ1n) is 6.28. The number of rotatable bonds is 3. The Hall–Kier alpha value is -2.47. The van der Waals surface area contributed by atoms with E-state index in [1.165, 1.54) is 5.56 Å². The highest BCUT2D eigenvalue weighted by Crippen LogP contribution is 2.29. The zero-order valence-electron chi connectivity index (χ0n) is 11.2. The number of nitriles is 1. The Morgan fingerprint density at radius 1 is 1.16 bits per heavy atom. The molecule has 3 nitrogen and oxygen atoms in total. The molecule has 0 unspecified atom stereocenters. The lowest BCUT2D eigenvalue weighted by molar-refractivity contribution is 1.13. The van der Waals surface area contributed by atoms with Crippen molar-refractivity contribution in [1.82, 2.24) is 0 Å². The van der Waals surface area contributed by atoms with Gasteiger partial charge in [-0.15, -0.1) is 0 Å². The van der Waals surface area contributed by atoms with Crippen molar-refractivity contribution in [2.75, 3.05) is 17.7 Å². The van der Waals surface area contributed by atoms with E-state index in [2.05, 4.69) is 37.3 Å². The number of anilines is 3. The normalized spacial score (nSPS) is 9.95. The summed E-state index contributed by atoms with van der Waals surface area (Å²) in [6.45, 7) is 2.13. The van der Waals surface area contributed by atoms with Gasteiger partial charge in [0.05, 0.1) is 23.0 Å². The van der Waals surface area contributed by atoms with Crippen LogP contribution in [-0.4, -0.2) is 7.05 Å². The number of nitrogens with zero attached hydrogens (tertiary/aromatic N) is 2. The standard InChI is InChI=1S/C16H17N3/c1-3-12-4-7-14(8-5-12)19(2)16-10-13(11-17)6-9-15(16)18/h4-10H,3,18H2,1-2H3. The van der Waals surface area contributed by atoms with Gasteiger partial charge in [0, 0.05) is 12.7 Å². The molecule has 0 bridgehead atoms. The second-order valence-electron chi connectivity index (χ2n) is 4.46. The molecule has 3 heteroatoms. The van der Waals surface area contributed by atoms with Crippen LogP contribution in [0.3, 0.4) is 0 Å². The van der Waals surface area contributed by atoms with Crippen LogP contribution in [0.15, 0.2) is 42.5 Å². The number of nitrogen functional groups attached to an aromatic ring is 1. The molecule has 0 fully saturated rings. The molecule has 0 radical (unpaired) electrons. The summed E-state index contributed by atoms with van der Waals surface area (Å²) < 4.78 is 0. The van der Waals surface area contributed by atoms with Crippen LogP contribution in [-0.2, 0) is 6.42 Å². The lowest BCUT2D eigenvalue weighted by Crippen LogP contribution is -2.11. The third-order valence-corrected chi connectivity index (χ3v) is 3.25. The maximum atomic E-state index is 8.96. The van der Waals surface area contributed by atoms with Gasteiger partial charge in [-0.2, -0.15) is 5.26 Å². The van der Waals surface area contributed by atoms with E-state index in [1.807, 2.05) is 18.0 Å². The van der Waals surface area contributed by atoms with Crippen molar-refractivity contribution in [1.29, 1.82) is 5.26 Å². The monoisotopic (exact) mass is 251 g/mol. The Kier molecular flexibility index (Phi) is 3.72. The fraction of sp³-hybridized carbons (Fsp3) is 0.188. The number of aryl methyl sites for hydroxylation is 1. The van der Waals surface area contributed by atoms with Crippen molar-refractivity contribution in [3.8, 4) is 6.07 Å². The minimum Gasteiger partial charge on any atom is -0.397 e. The summed E-state index contributed by atoms with van der Waals surface area (Å²) in [7, 11) is 1.95. The van der Waals surface area contributed by atoms with E-state index in [-0.39, 0.29) is 0 Å². The SMILES string of the molecule is CCc1ccc(N(C)c2cc(C#N)ccc2N)cc1. The van der Waals surface area contributed by atoms with Gasteiger partial charge in [0.15, 0.2) is 0 Å². The van der Waals surface area contributed by atoms with Crippen LogP contribution < -0.4 is 10.6 Å². The van der Waals surface area contributed by atoms with Gasteiger partial charge >= 0.3 is 0 Å². The average Bonchev–Trinajstić information content (AvgIpc) is 2.47. The summed E-state index contributed by atoms with van der Waals surface area (Å²) >= 11 is 0. The summed E-state index contributed by atoms with van der Waals surface area (Å²) in [5.41, 5.74) is 10.5. The van der Waals surface area contributed by atoms with Crippen molar-refractivity contribution in [3.63, 3.8) is 0 Å². The molecule has 0 aromatic heterocycles. The molecule has 0 saturated heterocycles. The number of hydrogen-bond acceptors (Lipinski definition) is 3. The fourth-order valence-corrected chi connectivity index (χ4v) is 2.00. The van der Waals surface area contributed by atoms with Crippen LogP contribution in [0.1, 0.15) is 18.1 Å². The van der Waals surface area contributed by atoms with E-state index in [9.17, 15) is 0 Å². The Balaban J connectivity index is 2.37. The van der Waals surface area contributed by atoms with Crippen LogP contribution in [0, 0.1) is 11.3 Å². The zero-order valence-corrected chi connectivity index (χ0v) is 11.2. The Morgan fingerprint density at radius 3 is 2.42 bits per heavy atom. The highest BCUT2D eigenvalue weighted by molar-refractivity contribution is 5.75. The van der Waals surface area contributed by atoms with Gasteiger partial charge in [0.1, 0.15) is 0 Å². The van der Waals surface area contributed by atoms with E-state index in [1.54, 1.807) is 12.1 Å². The highest BCUT2D eigenvalue weighted by Gasteiger charge is 2.08. The molecule has 2 rings (SSSR count). The fourth-order valence-electron chi connectivity index (χ4n) is 2.00. The lowest BCUT2D eigenvalue weighted by Gasteiger charge is -2.21. The van der Waals surface area contributed by atoms with Gasteiger partial charge in [-0.1, -0.05) is 19.1 Å². The van der Waals surface area contributed by atoms with Crippen LogP contribution in [0.5, 0.6) is 0 Å². The molecule has 2 aromatic carbocycles. The predicted octanol–water partition coefficient (Wildman–Crippen LogP) is 3.47. The van der Waals surface area contributed by atoms with Crippen molar-refractivity contribution in [3.05, 3.63) is 53.6 Å². The van der Waals surface area contributed by atoms with Gasteiger partial charge < -0.3 is 10.6 Å². The minimum absolute atomic E-state index is 0.612. The van der Waals surface area contributed by atoms with Crippen molar-refractivity contribution in [2.24, 2.45) is 0 Å². The molecular formula is C16H17N3. The molecule has 0 heterocycles. The molecule has 2 aromatic rings. The first kappa shape index (κ1) is 13.0. The van der Waals surface area contributed by atoms with Crippen LogP contribution in [0.4, 0.5) is 17.1 Å². The first-order valence-corrected chi connectivity index (χ1v) is 6.28. The van der Waals surface area contributed by atoms with Crippen LogP contribution in [0.25, 0.3) is 0 Å². The maximum absolute atomic E-state index is 8.96. The van der Waals surface area contributed by atoms with E-state index in [0.717, 1.165) is 17.8 Å². The van der Waals surface area contributed by atoms with E-state index in [4.69, 9.17) is 11.0 Å². The number of benzene rings is 2. The first-order chi connectivity index (χ1) is 9.15. The van der Waals surface area contributed by atoms with Gasteiger partial charge in [-0.25, -0.2) is 0 Å². The third kappa shape index (κ3) is 2.69. The van der Waals surface area contributed by atoms with E-state index in [0.29, 0.717) is 11.3 Å². The van der Waals surface area contributed by atoms with Gasteiger partial charge in [0.25, 0.3) is 0 Å². The molecule has 96 valence electrons. The quantitative estimate of drug-likeness (QED) is 0.850. The van der Waals surface area contributed by atoms with Crippen LogP contribution in [0.2, 0.25) is 0 Å². The van der Waals surface area contributed by atoms with E-state index >= 15 is 0 Å². The predicted molar refractivity (Wildman–Crippen MR) is 79.5 cm³/mol. The largest absolute Gasteiger partial charge is 0.397 e. The van der Waals surface area contributed by atoms with Crippen molar-refractivity contribution in [2.45, 2.75) is 13.3 Å². The van der Waals surface area contributed by atoms with Gasteiger partial charge in [-0.05, 0) is 42.3 Å². The summed E-state index contributed by atoms with van der Waals surface area (Å²) in [6.07, 6.45) is 1.02. The summed E-state index contributed by atoms with van der Waals surface area (Å²) in [5, 5.41) is 8.96. The molecular weight excluding hydrogens is 234 g/mol. The van der Waals surface area contributed by atoms with E-state index < -0.39 is 0 Å². The average molecular weight is 251 g/mol. The Morgan fingerprint density at radius 2 is 1.84 bits per heavy atom. The molecule has 0 atom stereocenters. The Bertz CT molecular complexity index is 609. The molecule has 19 heavy (non-hydrogen) atoms. The second kappa shape index (κ2) is 5.45. The summed E-state index contributed by atoms with van der Waals surface area (Å²) in [6, 6.07) is 15.8. The highest BCUT2D eigenvalue weighted by atomic mass is 15.1. The maximum Gasteiger partial charge on any atom is 0.0992 e. The number of hydrogen-bond donors (Lipinski definition) is 1. The molecule has 0 spiro atoms. The molecule has 0 saturated carbocycles. The van der Waals surface area contributed by atoms with Crippen LogP contribution >= 0.6 is 0 Å². The van der Waals surface area contributed by atoms with Crippen molar-refractivity contribution < 1.29 is 0 Å². The topological polar surface area (TPSA) is 53.0 Å². The van der Waals surface area contributed by atoms with Crippen molar-refractivity contribution >= 4 is 17.1 Å². The lowest BCUT2D eigenvalue weighted by atomic mass is 10.1. The molecule has 0 aliphatic rings. The molecule has 2 N–H and O–H groups in total. The smallest absolute Gasteiger partial charge is 0.0992 e. The summed E-state index contributed by atoms with van der Waals surface area (Å²) in [4.78, 5) is 2.00. The Labute approximate surface area is 113 Å².